The molecular formula is C16H20N2O2. The summed E-state index contributed by atoms with van der Waals surface area (Å²) in [5.41, 5.74) is 3.54. The van der Waals surface area contributed by atoms with E-state index >= 15 is 0 Å². The van der Waals surface area contributed by atoms with Gasteiger partial charge in [0.1, 0.15) is 12.6 Å². The van der Waals surface area contributed by atoms with E-state index in [0.717, 1.165) is 24.9 Å². The number of amides is 2. The number of anilines is 1. The summed E-state index contributed by atoms with van der Waals surface area (Å²) in [6, 6.07) is 5.74. The monoisotopic (exact) mass is 272 g/mol. The zero-order valence-corrected chi connectivity index (χ0v) is 11.8. The lowest BCUT2D eigenvalue weighted by Gasteiger charge is -2.34. The second kappa shape index (κ2) is 5.27. The number of carbonyl (C=O) groups is 2. The minimum atomic E-state index is -0.379. The summed E-state index contributed by atoms with van der Waals surface area (Å²) < 4.78 is 0. The van der Waals surface area contributed by atoms with E-state index in [-0.39, 0.29) is 24.4 Å². The Morgan fingerprint density at radius 3 is 2.85 bits per heavy atom. The summed E-state index contributed by atoms with van der Waals surface area (Å²) in [6.45, 7) is 2.07. The molecule has 20 heavy (non-hydrogen) atoms. The molecule has 0 saturated carbocycles. The van der Waals surface area contributed by atoms with Crippen molar-refractivity contribution in [3.63, 3.8) is 0 Å². The lowest BCUT2D eigenvalue weighted by atomic mass is 9.89. The number of nitrogens with zero attached hydrogens (tertiary/aromatic N) is 1. The van der Waals surface area contributed by atoms with Gasteiger partial charge in [0.25, 0.3) is 0 Å². The van der Waals surface area contributed by atoms with Gasteiger partial charge in [-0.1, -0.05) is 19.1 Å². The third-order valence-electron chi connectivity index (χ3n) is 4.27. The minimum absolute atomic E-state index is 0.0195. The van der Waals surface area contributed by atoms with Crippen LogP contribution in [0.1, 0.15) is 37.3 Å². The molecule has 1 atom stereocenters. The molecular weight excluding hydrogens is 252 g/mol. The number of benzene rings is 1. The maximum absolute atomic E-state index is 12.5. The Bertz CT molecular complexity index is 553. The molecule has 0 aromatic heterocycles. The van der Waals surface area contributed by atoms with E-state index < -0.39 is 0 Å². The average molecular weight is 272 g/mol. The van der Waals surface area contributed by atoms with Gasteiger partial charge in [0.05, 0.1) is 0 Å². The first kappa shape index (κ1) is 13.2. The van der Waals surface area contributed by atoms with Crippen LogP contribution in [0.2, 0.25) is 0 Å². The Balaban J connectivity index is 1.99. The van der Waals surface area contributed by atoms with Crippen molar-refractivity contribution in [2.45, 2.75) is 45.1 Å². The molecule has 1 heterocycles. The van der Waals surface area contributed by atoms with Gasteiger partial charge < -0.3 is 10.2 Å². The van der Waals surface area contributed by atoms with Crippen LogP contribution in [0.5, 0.6) is 0 Å². The highest BCUT2D eigenvalue weighted by Gasteiger charge is 2.33. The van der Waals surface area contributed by atoms with Crippen molar-refractivity contribution in [1.82, 2.24) is 5.32 Å². The van der Waals surface area contributed by atoms with Crippen molar-refractivity contribution in [2.24, 2.45) is 0 Å². The summed E-state index contributed by atoms with van der Waals surface area (Å²) in [4.78, 5) is 26.0. The Labute approximate surface area is 119 Å². The highest BCUT2D eigenvalue weighted by molar-refractivity contribution is 6.07. The topological polar surface area (TPSA) is 49.4 Å². The molecule has 1 aromatic rings. The summed E-state index contributed by atoms with van der Waals surface area (Å²) in [5.74, 6) is -0.0454. The predicted molar refractivity (Wildman–Crippen MR) is 77.7 cm³/mol. The van der Waals surface area contributed by atoms with Crippen molar-refractivity contribution in [2.75, 3.05) is 11.4 Å². The van der Waals surface area contributed by atoms with Crippen molar-refractivity contribution < 1.29 is 9.59 Å². The summed E-state index contributed by atoms with van der Waals surface area (Å²) in [6.07, 6.45) is 5.09. The number of rotatable bonds is 2. The van der Waals surface area contributed by atoms with Gasteiger partial charge in [0.2, 0.25) is 11.8 Å². The number of aryl methyl sites for hydroxylation is 1. The third kappa shape index (κ3) is 2.19. The third-order valence-corrected chi connectivity index (χ3v) is 4.27. The van der Waals surface area contributed by atoms with Gasteiger partial charge in [0.15, 0.2) is 0 Å². The largest absolute Gasteiger partial charge is 0.343 e. The van der Waals surface area contributed by atoms with Crippen molar-refractivity contribution in [3.8, 4) is 0 Å². The van der Waals surface area contributed by atoms with Gasteiger partial charge in [-0.2, -0.15) is 0 Å². The fraction of sp³-hybridized carbons (Fsp3) is 0.500. The summed E-state index contributed by atoms with van der Waals surface area (Å²) in [7, 11) is 0. The van der Waals surface area contributed by atoms with Gasteiger partial charge in [-0.15, -0.1) is 0 Å². The molecule has 1 aromatic carbocycles. The molecule has 4 nitrogen and oxygen atoms in total. The molecule has 4 heteroatoms. The Morgan fingerprint density at radius 1 is 1.25 bits per heavy atom. The SMILES string of the molecule is CCC1NC(=O)CN(c2cccc3c2CCCC3)C1=O. The van der Waals surface area contributed by atoms with Crippen LogP contribution in [0.25, 0.3) is 0 Å². The van der Waals surface area contributed by atoms with E-state index in [9.17, 15) is 9.59 Å². The first-order valence-corrected chi connectivity index (χ1v) is 7.42. The van der Waals surface area contributed by atoms with Crippen LogP contribution in [-0.2, 0) is 22.4 Å². The molecule has 1 unspecified atom stereocenters. The second-order valence-electron chi connectivity index (χ2n) is 5.57. The van der Waals surface area contributed by atoms with Gasteiger partial charge in [-0.25, -0.2) is 0 Å². The minimum Gasteiger partial charge on any atom is -0.343 e. The quantitative estimate of drug-likeness (QED) is 0.892. The Kier molecular flexibility index (Phi) is 3.47. The van der Waals surface area contributed by atoms with Gasteiger partial charge in [-0.05, 0) is 49.3 Å². The molecule has 0 bridgehead atoms. The molecule has 0 radical (unpaired) electrons. The number of hydrogen-bond donors (Lipinski definition) is 1. The Hall–Kier alpha value is -1.84. The first-order chi connectivity index (χ1) is 9.70. The lowest BCUT2D eigenvalue weighted by molar-refractivity contribution is -0.131. The summed E-state index contributed by atoms with van der Waals surface area (Å²) in [5, 5.41) is 2.77. The molecule has 1 fully saturated rings. The molecule has 3 rings (SSSR count). The standard InChI is InChI=1S/C16H20N2O2/c1-2-13-16(20)18(10-15(19)17-13)14-9-5-7-11-6-3-4-8-12(11)14/h5,7,9,13H,2-4,6,8,10H2,1H3,(H,17,19). The lowest BCUT2D eigenvalue weighted by Crippen LogP contribution is -2.58. The number of carbonyl (C=O) groups excluding carboxylic acids is 2. The number of fused-ring (bicyclic) bond motifs is 1. The molecule has 1 aliphatic heterocycles. The molecule has 1 aliphatic carbocycles. The predicted octanol–water partition coefficient (Wildman–Crippen LogP) is 1.81. The van der Waals surface area contributed by atoms with E-state index in [2.05, 4.69) is 11.4 Å². The van der Waals surface area contributed by atoms with Crippen LogP contribution in [0.15, 0.2) is 18.2 Å². The molecule has 2 aliphatic rings. The van der Waals surface area contributed by atoms with Gasteiger partial charge in [-0.3, -0.25) is 9.59 Å². The maximum Gasteiger partial charge on any atom is 0.250 e. The Morgan fingerprint density at radius 2 is 2.05 bits per heavy atom. The second-order valence-corrected chi connectivity index (χ2v) is 5.57. The number of nitrogens with one attached hydrogen (secondary N) is 1. The van der Waals surface area contributed by atoms with E-state index in [4.69, 9.17) is 0 Å². The zero-order valence-electron chi connectivity index (χ0n) is 11.8. The summed E-state index contributed by atoms with van der Waals surface area (Å²) >= 11 is 0. The number of piperazine rings is 1. The molecule has 2 amide bonds. The van der Waals surface area contributed by atoms with Crippen LogP contribution >= 0.6 is 0 Å². The smallest absolute Gasteiger partial charge is 0.250 e. The van der Waals surface area contributed by atoms with Crippen LogP contribution in [0, 0.1) is 0 Å². The molecule has 1 saturated heterocycles. The van der Waals surface area contributed by atoms with Crippen LogP contribution in [-0.4, -0.2) is 24.4 Å². The van der Waals surface area contributed by atoms with E-state index in [1.165, 1.54) is 17.5 Å². The molecule has 106 valence electrons. The molecule has 1 N–H and O–H groups in total. The van der Waals surface area contributed by atoms with Crippen molar-refractivity contribution in [3.05, 3.63) is 29.3 Å². The first-order valence-electron chi connectivity index (χ1n) is 7.42. The van der Waals surface area contributed by atoms with Crippen LogP contribution in [0.4, 0.5) is 5.69 Å². The number of hydrogen-bond acceptors (Lipinski definition) is 2. The highest BCUT2D eigenvalue weighted by Crippen LogP contribution is 2.31. The van der Waals surface area contributed by atoms with Crippen LogP contribution in [0.3, 0.4) is 0 Å². The maximum atomic E-state index is 12.5. The van der Waals surface area contributed by atoms with E-state index in [1.54, 1.807) is 4.90 Å². The van der Waals surface area contributed by atoms with Crippen LogP contribution < -0.4 is 10.2 Å². The fourth-order valence-corrected chi connectivity index (χ4v) is 3.21. The van der Waals surface area contributed by atoms with E-state index in [0.29, 0.717) is 6.42 Å². The highest BCUT2D eigenvalue weighted by atomic mass is 16.2. The normalized spacial score (nSPS) is 22.4. The molecule has 0 spiro atoms. The van der Waals surface area contributed by atoms with Crippen molar-refractivity contribution >= 4 is 17.5 Å². The van der Waals surface area contributed by atoms with Gasteiger partial charge in [0, 0.05) is 5.69 Å². The average Bonchev–Trinajstić information content (AvgIpc) is 2.48. The zero-order chi connectivity index (χ0) is 14.1. The van der Waals surface area contributed by atoms with E-state index in [1.807, 2.05) is 19.1 Å². The fourth-order valence-electron chi connectivity index (χ4n) is 3.21. The van der Waals surface area contributed by atoms with Crippen molar-refractivity contribution in [1.29, 1.82) is 0 Å². The van der Waals surface area contributed by atoms with Gasteiger partial charge >= 0.3 is 0 Å².